The van der Waals surface area contributed by atoms with Gasteiger partial charge in [0.1, 0.15) is 5.57 Å². The van der Waals surface area contributed by atoms with Crippen molar-refractivity contribution in [2.75, 3.05) is 4.90 Å². The van der Waals surface area contributed by atoms with Crippen molar-refractivity contribution < 1.29 is 14.4 Å². The van der Waals surface area contributed by atoms with Gasteiger partial charge in [-0.1, -0.05) is 54.6 Å². The molecule has 1 fully saturated rings. The first-order valence-electron chi connectivity index (χ1n) is 11.7. The fourth-order valence-corrected chi connectivity index (χ4v) is 4.70. The van der Waals surface area contributed by atoms with Crippen LogP contribution in [0.25, 0.3) is 23.0 Å². The van der Waals surface area contributed by atoms with E-state index in [0.717, 1.165) is 38.7 Å². The number of carbonyl (C=O) groups is 3. The van der Waals surface area contributed by atoms with E-state index < -0.39 is 17.8 Å². The quantitative estimate of drug-likeness (QED) is 0.302. The number of hydrogen-bond donors (Lipinski definition) is 1. The summed E-state index contributed by atoms with van der Waals surface area (Å²) in [5.41, 5.74) is 6.55. The van der Waals surface area contributed by atoms with Gasteiger partial charge in [-0.3, -0.25) is 14.9 Å². The lowest BCUT2D eigenvalue weighted by molar-refractivity contribution is -0.122. The predicted octanol–water partition coefficient (Wildman–Crippen LogP) is 5.74. The summed E-state index contributed by atoms with van der Waals surface area (Å²) in [7, 11) is 0. The van der Waals surface area contributed by atoms with Gasteiger partial charge in [0.2, 0.25) is 0 Å². The van der Waals surface area contributed by atoms with Crippen molar-refractivity contribution in [1.29, 1.82) is 0 Å². The molecule has 2 heterocycles. The second kappa shape index (κ2) is 9.15. The molecule has 4 aromatic rings. The van der Waals surface area contributed by atoms with Crippen LogP contribution in [-0.2, 0) is 9.59 Å². The minimum atomic E-state index is -0.756. The second-order valence-corrected chi connectivity index (χ2v) is 8.93. The average Bonchev–Trinajstić information content (AvgIpc) is 3.17. The number of nitrogens with one attached hydrogen (secondary N) is 1. The molecular formula is C30H25N3O3. The van der Waals surface area contributed by atoms with Gasteiger partial charge in [-0.15, -0.1) is 0 Å². The van der Waals surface area contributed by atoms with Crippen LogP contribution in [0.3, 0.4) is 0 Å². The van der Waals surface area contributed by atoms with Gasteiger partial charge in [0.15, 0.2) is 0 Å². The van der Waals surface area contributed by atoms with Gasteiger partial charge >= 0.3 is 6.03 Å². The SMILES string of the molecule is Cc1cc(C)cc(N2C(=O)NC(=O)/C(=C\c3cc(C)n(-c4ccccc4)c3-c3ccccc3)C2=O)c1. The van der Waals surface area contributed by atoms with E-state index in [0.29, 0.717) is 11.3 Å². The van der Waals surface area contributed by atoms with Crippen molar-refractivity contribution in [3.05, 3.63) is 113 Å². The molecule has 0 aliphatic carbocycles. The molecule has 3 aromatic carbocycles. The summed E-state index contributed by atoms with van der Waals surface area (Å²) in [6, 6.07) is 26.4. The highest BCUT2D eigenvalue weighted by Crippen LogP contribution is 2.33. The molecule has 1 saturated heterocycles. The highest BCUT2D eigenvalue weighted by molar-refractivity contribution is 6.39. The fraction of sp³-hybridized carbons (Fsp3) is 0.100. The van der Waals surface area contributed by atoms with E-state index in [4.69, 9.17) is 0 Å². The van der Waals surface area contributed by atoms with E-state index in [1.165, 1.54) is 0 Å². The first-order valence-corrected chi connectivity index (χ1v) is 11.7. The van der Waals surface area contributed by atoms with Crippen molar-refractivity contribution >= 4 is 29.6 Å². The number of imide groups is 2. The number of nitrogens with zero attached hydrogens (tertiary/aromatic N) is 2. The fourth-order valence-electron chi connectivity index (χ4n) is 4.70. The monoisotopic (exact) mass is 475 g/mol. The summed E-state index contributed by atoms with van der Waals surface area (Å²) in [6.45, 7) is 5.77. The zero-order chi connectivity index (χ0) is 25.4. The lowest BCUT2D eigenvalue weighted by atomic mass is 10.0. The van der Waals surface area contributed by atoms with Crippen LogP contribution in [0.1, 0.15) is 22.4 Å². The van der Waals surface area contributed by atoms with Crippen molar-refractivity contribution in [3.63, 3.8) is 0 Å². The maximum Gasteiger partial charge on any atom is 0.335 e. The largest absolute Gasteiger partial charge is 0.335 e. The zero-order valence-electron chi connectivity index (χ0n) is 20.3. The number of rotatable bonds is 4. The lowest BCUT2D eigenvalue weighted by Gasteiger charge is -2.27. The topological polar surface area (TPSA) is 71.4 Å². The third kappa shape index (κ3) is 4.14. The van der Waals surface area contributed by atoms with Crippen LogP contribution in [0.4, 0.5) is 10.5 Å². The Morgan fingerprint density at radius 1 is 0.722 bits per heavy atom. The molecular weight excluding hydrogens is 450 g/mol. The zero-order valence-corrected chi connectivity index (χ0v) is 20.3. The van der Waals surface area contributed by atoms with Crippen molar-refractivity contribution in [3.8, 4) is 16.9 Å². The van der Waals surface area contributed by atoms with E-state index >= 15 is 0 Å². The van der Waals surface area contributed by atoms with Gasteiger partial charge in [0, 0.05) is 16.9 Å². The van der Waals surface area contributed by atoms with Crippen molar-refractivity contribution in [1.82, 2.24) is 9.88 Å². The van der Waals surface area contributed by atoms with Gasteiger partial charge in [0.25, 0.3) is 11.8 Å². The van der Waals surface area contributed by atoms with E-state index in [2.05, 4.69) is 9.88 Å². The standard InChI is InChI=1S/C30H25N3O3/c1-19-14-20(2)16-25(15-19)33-29(35)26(28(34)31-30(33)36)18-23-17-21(3)32(24-12-8-5-9-13-24)27(23)22-10-6-4-7-11-22/h4-18H,1-3H3,(H,31,34,36)/b26-18+. The Morgan fingerprint density at radius 2 is 1.33 bits per heavy atom. The third-order valence-electron chi connectivity index (χ3n) is 6.14. The summed E-state index contributed by atoms with van der Waals surface area (Å²) >= 11 is 0. The highest BCUT2D eigenvalue weighted by Gasteiger charge is 2.37. The van der Waals surface area contributed by atoms with Gasteiger partial charge < -0.3 is 4.57 Å². The van der Waals surface area contributed by atoms with Crippen LogP contribution >= 0.6 is 0 Å². The molecule has 0 unspecified atom stereocenters. The number of amides is 4. The molecule has 0 spiro atoms. The number of barbiturate groups is 1. The highest BCUT2D eigenvalue weighted by atomic mass is 16.2. The molecule has 0 bridgehead atoms. The van der Waals surface area contributed by atoms with Gasteiger partial charge in [-0.05, 0) is 73.9 Å². The Kier molecular flexibility index (Phi) is 5.86. The van der Waals surface area contributed by atoms with Gasteiger partial charge in [-0.25, -0.2) is 9.69 Å². The van der Waals surface area contributed by atoms with Gasteiger partial charge in [-0.2, -0.15) is 0 Å². The number of anilines is 1. The molecule has 4 amide bonds. The number of para-hydroxylation sites is 1. The second-order valence-electron chi connectivity index (χ2n) is 8.93. The Hall–Kier alpha value is -4.71. The molecule has 0 saturated carbocycles. The van der Waals surface area contributed by atoms with E-state index in [1.807, 2.05) is 93.6 Å². The number of urea groups is 1. The predicted molar refractivity (Wildman–Crippen MR) is 141 cm³/mol. The summed E-state index contributed by atoms with van der Waals surface area (Å²) in [6.07, 6.45) is 1.58. The van der Waals surface area contributed by atoms with Crippen LogP contribution in [0.2, 0.25) is 0 Å². The van der Waals surface area contributed by atoms with Crippen LogP contribution in [0, 0.1) is 20.8 Å². The summed E-state index contributed by atoms with van der Waals surface area (Å²) in [4.78, 5) is 40.2. The molecule has 1 aliphatic heterocycles. The lowest BCUT2D eigenvalue weighted by Crippen LogP contribution is -2.54. The van der Waals surface area contributed by atoms with Crippen molar-refractivity contribution in [2.45, 2.75) is 20.8 Å². The molecule has 6 heteroatoms. The molecule has 36 heavy (non-hydrogen) atoms. The number of carbonyl (C=O) groups excluding carboxylic acids is 3. The Bertz CT molecular complexity index is 1510. The minimum Gasteiger partial charge on any atom is -0.313 e. The average molecular weight is 476 g/mol. The van der Waals surface area contributed by atoms with Gasteiger partial charge in [0.05, 0.1) is 11.4 Å². The number of aromatic nitrogens is 1. The maximum absolute atomic E-state index is 13.6. The number of benzene rings is 3. The number of aryl methyl sites for hydroxylation is 3. The maximum atomic E-state index is 13.6. The Balaban J connectivity index is 1.68. The summed E-state index contributed by atoms with van der Waals surface area (Å²) in [5, 5.41) is 2.33. The smallest absolute Gasteiger partial charge is 0.313 e. The van der Waals surface area contributed by atoms with E-state index in [-0.39, 0.29) is 5.57 Å². The van der Waals surface area contributed by atoms with E-state index in [9.17, 15) is 14.4 Å². The number of hydrogen-bond acceptors (Lipinski definition) is 3. The first kappa shape index (κ1) is 23.1. The van der Waals surface area contributed by atoms with Crippen molar-refractivity contribution in [2.24, 2.45) is 0 Å². The normalized spacial score (nSPS) is 14.9. The molecule has 0 radical (unpaired) electrons. The molecule has 5 rings (SSSR count). The first-order chi connectivity index (χ1) is 17.3. The molecule has 1 aliphatic rings. The Labute approximate surface area is 209 Å². The van der Waals surface area contributed by atoms with Crippen LogP contribution in [0.5, 0.6) is 0 Å². The van der Waals surface area contributed by atoms with Crippen LogP contribution < -0.4 is 10.2 Å². The molecule has 178 valence electrons. The van der Waals surface area contributed by atoms with E-state index in [1.54, 1.807) is 18.2 Å². The molecule has 1 aromatic heterocycles. The molecule has 6 nitrogen and oxygen atoms in total. The Morgan fingerprint density at radius 3 is 1.97 bits per heavy atom. The van der Waals surface area contributed by atoms with Crippen LogP contribution in [-0.4, -0.2) is 22.4 Å². The molecule has 1 N–H and O–H groups in total. The summed E-state index contributed by atoms with van der Waals surface area (Å²) in [5.74, 6) is -1.37. The summed E-state index contributed by atoms with van der Waals surface area (Å²) < 4.78 is 2.10. The van der Waals surface area contributed by atoms with Crippen LogP contribution in [0.15, 0.2) is 90.5 Å². The third-order valence-corrected chi connectivity index (χ3v) is 6.14. The molecule has 0 atom stereocenters. The minimum absolute atomic E-state index is 0.101.